The third kappa shape index (κ3) is 8.90. The molecule has 2 aromatic carbocycles. The number of hydrogen-bond donors (Lipinski definition) is 2. The van der Waals surface area contributed by atoms with Gasteiger partial charge in [0, 0.05) is 41.2 Å². The number of halogens is 3. The van der Waals surface area contributed by atoms with Gasteiger partial charge in [0.25, 0.3) is 0 Å². The van der Waals surface area contributed by atoms with Crippen LogP contribution in [0.3, 0.4) is 0 Å². The molecule has 0 saturated carbocycles. The normalized spacial score (nSPS) is 18.2. The zero-order chi connectivity index (χ0) is 28.5. The number of benzene rings is 2. The number of likely N-dealkylation sites (tertiary alicyclic amines) is 2. The van der Waals surface area contributed by atoms with Gasteiger partial charge in [-0.1, -0.05) is 46.9 Å². The second-order valence-electron chi connectivity index (χ2n) is 10.7. The van der Waals surface area contributed by atoms with Gasteiger partial charge < -0.3 is 25.2 Å². The highest BCUT2D eigenvalue weighted by Gasteiger charge is 2.27. The fourth-order valence-corrected chi connectivity index (χ4v) is 5.91. The minimum absolute atomic E-state index is 0.00622. The quantitative estimate of drug-likeness (QED) is 0.418. The van der Waals surface area contributed by atoms with Crippen LogP contribution in [-0.2, 0) is 4.79 Å². The van der Waals surface area contributed by atoms with Crippen LogP contribution >= 0.6 is 34.8 Å². The van der Waals surface area contributed by atoms with Crippen LogP contribution in [-0.4, -0.2) is 73.7 Å². The third-order valence-electron chi connectivity index (χ3n) is 7.76. The average molecular weight is 610 g/mol. The Kier molecular flexibility index (Phi) is 11.7. The smallest absolute Gasteiger partial charge is 0.317 e. The molecule has 40 heavy (non-hydrogen) atoms. The molecule has 3 aliphatic heterocycles. The molecular weight excluding hydrogens is 571 g/mol. The number of hydrogen-bond acceptors (Lipinski definition) is 4. The average Bonchev–Trinajstić information content (AvgIpc) is 3.50. The van der Waals surface area contributed by atoms with Crippen molar-refractivity contribution in [2.75, 3.05) is 45.8 Å². The lowest BCUT2D eigenvalue weighted by Gasteiger charge is -2.34. The highest BCUT2D eigenvalue weighted by atomic mass is 35.5. The van der Waals surface area contributed by atoms with Crippen molar-refractivity contribution in [2.45, 2.75) is 57.5 Å². The minimum atomic E-state index is -0.124. The van der Waals surface area contributed by atoms with Crippen molar-refractivity contribution < 1.29 is 14.3 Å². The van der Waals surface area contributed by atoms with Gasteiger partial charge in [-0.05, 0) is 99.8 Å². The van der Waals surface area contributed by atoms with Gasteiger partial charge in [-0.2, -0.15) is 0 Å². The van der Waals surface area contributed by atoms with Crippen molar-refractivity contribution in [3.05, 3.63) is 62.6 Å². The predicted molar refractivity (Wildman–Crippen MR) is 162 cm³/mol. The summed E-state index contributed by atoms with van der Waals surface area (Å²) < 4.78 is 6.35. The van der Waals surface area contributed by atoms with E-state index in [1.54, 1.807) is 11.0 Å². The maximum absolute atomic E-state index is 12.6. The van der Waals surface area contributed by atoms with Crippen LogP contribution in [0.25, 0.3) is 0 Å². The number of carbonyl (C=O) groups is 2. The molecule has 3 fully saturated rings. The van der Waals surface area contributed by atoms with Gasteiger partial charge >= 0.3 is 6.03 Å². The van der Waals surface area contributed by atoms with E-state index in [-0.39, 0.29) is 24.6 Å². The Bertz CT molecular complexity index is 1150. The van der Waals surface area contributed by atoms with E-state index in [2.05, 4.69) is 16.7 Å². The van der Waals surface area contributed by atoms with Gasteiger partial charge in [-0.25, -0.2) is 4.79 Å². The first-order valence-corrected chi connectivity index (χ1v) is 15.3. The van der Waals surface area contributed by atoms with Gasteiger partial charge in [0.1, 0.15) is 11.9 Å². The second-order valence-corrected chi connectivity index (χ2v) is 11.9. The Labute approximate surface area is 252 Å². The molecular formula is C30H39Cl3N4O3. The van der Waals surface area contributed by atoms with Crippen LogP contribution in [0.4, 0.5) is 4.79 Å². The molecule has 0 bridgehead atoms. The molecule has 2 N–H and O–H groups in total. The monoisotopic (exact) mass is 608 g/mol. The molecule has 3 amide bonds. The van der Waals surface area contributed by atoms with E-state index in [1.807, 2.05) is 36.1 Å². The van der Waals surface area contributed by atoms with E-state index < -0.39 is 0 Å². The standard InChI is InChI=1S/C23H33ClN4O3.C7H6Cl2/c24-18-3-4-20(21(15-18)31-19-5-9-25-10-6-19)17-7-13-27(14-8-17)22(29)16-26-23(30)28-11-1-2-12-28;1-5-2-3-6(8)4-7(5)9/h3-4,15,17,19,25H,1-2,5-14,16H2,(H,26,30);2-4H,1H3. The van der Waals surface area contributed by atoms with Crippen LogP contribution in [0.5, 0.6) is 5.75 Å². The predicted octanol–water partition coefficient (Wildman–Crippen LogP) is 6.28. The number of nitrogens with zero attached hydrogens (tertiary/aromatic N) is 2. The van der Waals surface area contributed by atoms with E-state index in [9.17, 15) is 9.59 Å². The second kappa shape index (κ2) is 15.2. The Morgan fingerprint density at radius 3 is 2.20 bits per heavy atom. The largest absolute Gasteiger partial charge is 0.490 e. The Hall–Kier alpha value is -2.19. The molecule has 2 aromatic rings. The molecule has 7 nitrogen and oxygen atoms in total. The maximum Gasteiger partial charge on any atom is 0.317 e. The number of aryl methyl sites for hydroxylation is 1. The van der Waals surface area contributed by atoms with Crippen LogP contribution in [0.1, 0.15) is 55.6 Å². The lowest BCUT2D eigenvalue weighted by atomic mass is 9.88. The van der Waals surface area contributed by atoms with Gasteiger partial charge in [0.2, 0.25) is 5.91 Å². The summed E-state index contributed by atoms with van der Waals surface area (Å²) in [5.74, 6) is 1.23. The molecule has 0 aromatic heterocycles. The van der Waals surface area contributed by atoms with E-state index in [0.717, 1.165) is 81.0 Å². The Morgan fingerprint density at radius 1 is 0.900 bits per heavy atom. The van der Waals surface area contributed by atoms with Crippen molar-refractivity contribution in [3.63, 3.8) is 0 Å². The molecule has 3 aliphatic rings. The minimum Gasteiger partial charge on any atom is -0.490 e. The van der Waals surface area contributed by atoms with E-state index in [1.165, 1.54) is 5.56 Å². The number of rotatable bonds is 5. The first kappa shape index (κ1) is 30.8. The van der Waals surface area contributed by atoms with Gasteiger partial charge in [0.15, 0.2) is 0 Å². The number of amides is 3. The summed E-state index contributed by atoms with van der Waals surface area (Å²) in [4.78, 5) is 28.3. The molecule has 0 atom stereocenters. The third-order valence-corrected chi connectivity index (χ3v) is 8.64. The van der Waals surface area contributed by atoms with Gasteiger partial charge in [-0.3, -0.25) is 4.79 Å². The molecule has 0 aliphatic carbocycles. The van der Waals surface area contributed by atoms with Crippen molar-refractivity contribution in [3.8, 4) is 5.75 Å². The zero-order valence-corrected chi connectivity index (χ0v) is 25.3. The van der Waals surface area contributed by atoms with E-state index in [0.29, 0.717) is 29.1 Å². The fraction of sp³-hybridized carbons (Fsp3) is 0.533. The Morgan fingerprint density at radius 2 is 1.55 bits per heavy atom. The lowest BCUT2D eigenvalue weighted by Crippen LogP contribution is -2.46. The molecule has 218 valence electrons. The number of nitrogens with one attached hydrogen (secondary N) is 2. The summed E-state index contributed by atoms with van der Waals surface area (Å²) in [7, 11) is 0. The van der Waals surface area contributed by atoms with Gasteiger partial charge in [0.05, 0.1) is 6.54 Å². The summed E-state index contributed by atoms with van der Waals surface area (Å²) in [6, 6.07) is 11.3. The van der Waals surface area contributed by atoms with Crippen LogP contribution in [0.2, 0.25) is 15.1 Å². The SMILES string of the molecule is Cc1ccc(Cl)cc1Cl.O=C(CNC(=O)N1CCCC1)N1CCC(c2ccc(Cl)cc2OC2CCNCC2)CC1. The first-order valence-electron chi connectivity index (χ1n) is 14.2. The van der Waals surface area contributed by atoms with E-state index >= 15 is 0 Å². The highest BCUT2D eigenvalue weighted by Crippen LogP contribution is 2.37. The van der Waals surface area contributed by atoms with Crippen LogP contribution in [0, 0.1) is 6.92 Å². The zero-order valence-electron chi connectivity index (χ0n) is 23.1. The number of urea groups is 1. The van der Waals surface area contributed by atoms with Crippen molar-refractivity contribution in [1.82, 2.24) is 20.4 Å². The summed E-state index contributed by atoms with van der Waals surface area (Å²) in [5.41, 5.74) is 2.25. The summed E-state index contributed by atoms with van der Waals surface area (Å²) in [6.45, 7) is 6.94. The number of ether oxygens (including phenoxy) is 1. The van der Waals surface area contributed by atoms with E-state index in [4.69, 9.17) is 39.5 Å². The first-order chi connectivity index (χ1) is 19.3. The molecule has 3 heterocycles. The summed E-state index contributed by atoms with van der Waals surface area (Å²) in [6.07, 6.45) is 6.08. The molecule has 0 spiro atoms. The van der Waals surface area contributed by atoms with Crippen molar-refractivity contribution in [1.29, 1.82) is 0 Å². The Balaban J connectivity index is 0.000000350. The number of carbonyl (C=O) groups excluding carboxylic acids is 2. The molecule has 0 radical (unpaired) electrons. The maximum atomic E-state index is 12.6. The summed E-state index contributed by atoms with van der Waals surface area (Å²) in [5, 5.41) is 8.25. The molecule has 10 heteroatoms. The lowest BCUT2D eigenvalue weighted by molar-refractivity contribution is -0.131. The fourth-order valence-electron chi connectivity index (χ4n) is 5.34. The van der Waals surface area contributed by atoms with Crippen molar-refractivity contribution >= 4 is 46.7 Å². The summed E-state index contributed by atoms with van der Waals surface area (Å²) >= 11 is 17.6. The molecule has 5 rings (SSSR count). The topological polar surface area (TPSA) is 73.9 Å². The molecule has 0 unspecified atom stereocenters. The molecule has 3 saturated heterocycles. The van der Waals surface area contributed by atoms with Crippen LogP contribution < -0.4 is 15.4 Å². The van der Waals surface area contributed by atoms with Crippen LogP contribution in [0.15, 0.2) is 36.4 Å². The number of piperidine rings is 2. The highest BCUT2D eigenvalue weighted by molar-refractivity contribution is 6.35. The van der Waals surface area contributed by atoms with Gasteiger partial charge in [-0.15, -0.1) is 0 Å². The van der Waals surface area contributed by atoms with Crippen molar-refractivity contribution in [2.24, 2.45) is 0 Å².